The number of thioether (sulfide) groups is 1. The van der Waals surface area contributed by atoms with Crippen molar-refractivity contribution in [1.82, 2.24) is 10.2 Å². The number of hydrogen-bond donors (Lipinski definition) is 1. The zero-order chi connectivity index (χ0) is 20.4. The monoisotopic (exact) mass is 416 g/mol. The molecule has 1 N–H and O–H groups in total. The maximum Gasteiger partial charge on any atom is 0.229 e. The van der Waals surface area contributed by atoms with Gasteiger partial charge in [-0.15, -0.1) is 11.8 Å². The Balaban J connectivity index is 1.46. The van der Waals surface area contributed by atoms with Crippen LogP contribution in [0, 0.1) is 11.3 Å². The van der Waals surface area contributed by atoms with Crippen LogP contribution in [0.3, 0.4) is 0 Å². The van der Waals surface area contributed by atoms with Gasteiger partial charge in [0.15, 0.2) is 0 Å². The molecular weight excluding hydrogens is 380 g/mol. The highest BCUT2D eigenvalue weighted by Gasteiger charge is 2.49. The third-order valence-corrected chi connectivity index (χ3v) is 8.21. The van der Waals surface area contributed by atoms with Crippen molar-refractivity contribution in [2.24, 2.45) is 11.3 Å². The Morgan fingerprint density at radius 1 is 1.21 bits per heavy atom. The molecule has 0 radical (unpaired) electrons. The number of nitrogens with one attached hydrogen (secondary N) is 1. The standard InChI is InChI=1S/C24H36N2O2S/c1-17(2)24(10-6-21(15-24)25-20-8-12-28-13-9-20)23(27)26-11-7-18-4-5-22(29-3)14-19(18)16-26/h4-5,14,17,20-21,25H,6-13,15-16H2,1-3H3/t21-,24+/m1/s1. The van der Waals surface area contributed by atoms with E-state index in [9.17, 15) is 4.79 Å². The van der Waals surface area contributed by atoms with Crippen molar-refractivity contribution in [3.05, 3.63) is 29.3 Å². The van der Waals surface area contributed by atoms with Gasteiger partial charge in [0.25, 0.3) is 0 Å². The summed E-state index contributed by atoms with van der Waals surface area (Å²) >= 11 is 1.78. The Labute approximate surface area is 180 Å². The van der Waals surface area contributed by atoms with Crippen LogP contribution in [-0.4, -0.2) is 48.9 Å². The molecule has 0 bridgehead atoms. The van der Waals surface area contributed by atoms with Gasteiger partial charge in [-0.05, 0) is 74.0 Å². The van der Waals surface area contributed by atoms with Crippen molar-refractivity contribution in [2.75, 3.05) is 26.0 Å². The van der Waals surface area contributed by atoms with E-state index in [-0.39, 0.29) is 5.41 Å². The van der Waals surface area contributed by atoms with Crippen LogP contribution in [-0.2, 0) is 22.5 Å². The molecule has 0 spiro atoms. The number of rotatable bonds is 5. The molecule has 29 heavy (non-hydrogen) atoms. The molecule has 4 rings (SSSR count). The highest BCUT2D eigenvalue weighted by Crippen LogP contribution is 2.46. The molecule has 1 aromatic carbocycles. The van der Waals surface area contributed by atoms with E-state index in [2.05, 4.69) is 48.5 Å². The van der Waals surface area contributed by atoms with E-state index in [4.69, 9.17) is 4.74 Å². The van der Waals surface area contributed by atoms with Crippen LogP contribution >= 0.6 is 11.8 Å². The van der Waals surface area contributed by atoms with E-state index in [0.717, 1.165) is 64.8 Å². The molecule has 1 aliphatic carbocycles. The predicted octanol–water partition coefficient (Wildman–Crippen LogP) is 4.26. The highest BCUT2D eigenvalue weighted by molar-refractivity contribution is 7.98. The van der Waals surface area contributed by atoms with Gasteiger partial charge in [0, 0.05) is 43.3 Å². The molecule has 0 unspecified atom stereocenters. The van der Waals surface area contributed by atoms with Crippen LogP contribution in [0.25, 0.3) is 0 Å². The first-order valence-electron chi connectivity index (χ1n) is 11.3. The smallest absolute Gasteiger partial charge is 0.229 e. The summed E-state index contributed by atoms with van der Waals surface area (Å²) in [5.41, 5.74) is 2.54. The number of benzene rings is 1. The summed E-state index contributed by atoms with van der Waals surface area (Å²) in [4.78, 5) is 17.3. The van der Waals surface area contributed by atoms with Crippen LogP contribution < -0.4 is 5.32 Å². The zero-order valence-electron chi connectivity index (χ0n) is 18.2. The Morgan fingerprint density at radius 2 is 2.00 bits per heavy atom. The number of nitrogens with zero attached hydrogens (tertiary/aromatic N) is 1. The Hall–Kier alpha value is -1.04. The van der Waals surface area contributed by atoms with Gasteiger partial charge in [-0.2, -0.15) is 0 Å². The second kappa shape index (κ2) is 8.99. The molecule has 3 aliphatic rings. The number of ether oxygens (including phenoxy) is 1. The van der Waals surface area contributed by atoms with Crippen molar-refractivity contribution in [3.8, 4) is 0 Å². The van der Waals surface area contributed by atoms with E-state index in [1.807, 2.05) is 0 Å². The summed E-state index contributed by atoms with van der Waals surface area (Å²) in [6, 6.07) is 7.76. The van der Waals surface area contributed by atoms with Gasteiger partial charge in [0.2, 0.25) is 5.91 Å². The molecule has 1 saturated carbocycles. The van der Waals surface area contributed by atoms with Crippen molar-refractivity contribution in [2.45, 2.75) is 75.9 Å². The number of carbonyl (C=O) groups excluding carboxylic acids is 1. The zero-order valence-corrected chi connectivity index (χ0v) is 19.0. The van der Waals surface area contributed by atoms with E-state index in [1.54, 1.807) is 11.8 Å². The van der Waals surface area contributed by atoms with Gasteiger partial charge < -0.3 is 15.0 Å². The van der Waals surface area contributed by atoms with Gasteiger partial charge >= 0.3 is 0 Å². The molecule has 1 aromatic rings. The van der Waals surface area contributed by atoms with Crippen molar-refractivity contribution in [1.29, 1.82) is 0 Å². The van der Waals surface area contributed by atoms with Crippen molar-refractivity contribution in [3.63, 3.8) is 0 Å². The quantitative estimate of drug-likeness (QED) is 0.729. The largest absolute Gasteiger partial charge is 0.381 e. The maximum absolute atomic E-state index is 13.8. The number of amides is 1. The lowest BCUT2D eigenvalue weighted by Gasteiger charge is -2.40. The molecular formula is C24H36N2O2S. The molecule has 1 amide bonds. The Bertz CT molecular complexity index is 732. The third-order valence-electron chi connectivity index (χ3n) is 7.49. The first-order chi connectivity index (χ1) is 14.0. The number of hydrogen-bond acceptors (Lipinski definition) is 4. The summed E-state index contributed by atoms with van der Waals surface area (Å²) in [6.45, 7) is 7.86. The average Bonchev–Trinajstić information content (AvgIpc) is 3.18. The van der Waals surface area contributed by atoms with E-state index in [0.29, 0.717) is 23.9 Å². The van der Waals surface area contributed by atoms with Gasteiger partial charge in [0.1, 0.15) is 0 Å². The third kappa shape index (κ3) is 4.38. The minimum Gasteiger partial charge on any atom is -0.381 e. The van der Waals surface area contributed by atoms with E-state index in [1.165, 1.54) is 16.0 Å². The lowest BCUT2D eigenvalue weighted by molar-refractivity contribution is -0.145. The molecule has 2 fully saturated rings. The lowest BCUT2D eigenvalue weighted by atomic mass is 9.73. The maximum atomic E-state index is 13.8. The SMILES string of the molecule is CSc1ccc2c(c1)CN(C(=O)[C@@]1(C(C)C)CC[C@@H](NC3CCOCC3)C1)CC2. The Kier molecular flexibility index (Phi) is 6.57. The first-order valence-corrected chi connectivity index (χ1v) is 12.5. The van der Waals surface area contributed by atoms with E-state index < -0.39 is 0 Å². The average molecular weight is 417 g/mol. The summed E-state index contributed by atoms with van der Waals surface area (Å²) in [7, 11) is 0. The molecule has 4 nitrogen and oxygen atoms in total. The second-order valence-corrected chi connectivity index (χ2v) is 10.3. The van der Waals surface area contributed by atoms with Crippen LogP contribution in [0.1, 0.15) is 57.1 Å². The molecule has 160 valence electrons. The molecule has 1 saturated heterocycles. The summed E-state index contributed by atoms with van der Waals surface area (Å²) in [6.07, 6.45) is 8.40. The minimum atomic E-state index is -0.211. The van der Waals surface area contributed by atoms with Gasteiger partial charge in [-0.25, -0.2) is 0 Å². The minimum absolute atomic E-state index is 0.211. The second-order valence-electron chi connectivity index (χ2n) is 9.42. The first kappa shape index (κ1) is 21.2. The fourth-order valence-corrected chi connectivity index (χ4v) is 5.99. The normalized spacial score (nSPS) is 28.0. The summed E-state index contributed by atoms with van der Waals surface area (Å²) in [5, 5.41) is 3.86. The van der Waals surface area contributed by atoms with Crippen LogP contribution in [0.2, 0.25) is 0 Å². The predicted molar refractivity (Wildman–Crippen MR) is 119 cm³/mol. The van der Waals surface area contributed by atoms with Gasteiger partial charge in [-0.1, -0.05) is 19.9 Å². The lowest BCUT2D eigenvalue weighted by Crippen LogP contribution is -2.48. The molecule has 2 aliphatic heterocycles. The fraction of sp³-hybridized carbons (Fsp3) is 0.708. The highest BCUT2D eigenvalue weighted by atomic mass is 32.2. The number of fused-ring (bicyclic) bond motifs is 1. The van der Waals surface area contributed by atoms with Crippen molar-refractivity contribution >= 4 is 17.7 Å². The van der Waals surface area contributed by atoms with E-state index >= 15 is 0 Å². The van der Waals surface area contributed by atoms with Gasteiger partial charge in [0.05, 0.1) is 5.41 Å². The summed E-state index contributed by atoms with van der Waals surface area (Å²) < 4.78 is 5.50. The molecule has 5 heteroatoms. The molecule has 0 aromatic heterocycles. The fourth-order valence-electron chi connectivity index (χ4n) is 5.53. The Morgan fingerprint density at radius 3 is 2.72 bits per heavy atom. The van der Waals surface area contributed by atoms with Crippen molar-refractivity contribution < 1.29 is 9.53 Å². The van der Waals surface area contributed by atoms with Crippen LogP contribution in [0.5, 0.6) is 0 Å². The van der Waals surface area contributed by atoms with Crippen LogP contribution in [0.4, 0.5) is 0 Å². The summed E-state index contributed by atoms with van der Waals surface area (Å²) in [5.74, 6) is 0.763. The molecule has 2 heterocycles. The topological polar surface area (TPSA) is 41.6 Å². The molecule has 2 atom stereocenters. The van der Waals surface area contributed by atoms with Gasteiger partial charge in [-0.3, -0.25) is 4.79 Å². The van der Waals surface area contributed by atoms with Crippen LogP contribution in [0.15, 0.2) is 23.1 Å². The number of carbonyl (C=O) groups is 1.